The molecule has 0 saturated carbocycles. The zero-order valence-corrected chi connectivity index (χ0v) is 3.21. The van der Waals surface area contributed by atoms with Gasteiger partial charge in [-0.15, -0.1) is 0 Å². The van der Waals surface area contributed by atoms with Crippen molar-refractivity contribution in [3.8, 4) is 0 Å². The summed E-state index contributed by atoms with van der Waals surface area (Å²) in [6.45, 7) is 3.14. The molecule has 0 aliphatic rings. The summed E-state index contributed by atoms with van der Waals surface area (Å²) in [5.74, 6) is 0. The van der Waals surface area contributed by atoms with Crippen LogP contribution in [0.1, 0.15) is 6.92 Å². The van der Waals surface area contributed by atoms with Gasteiger partial charge in [0, 0.05) is 0 Å². The van der Waals surface area contributed by atoms with Crippen molar-refractivity contribution in [2.24, 2.45) is 0 Å². The molecule has 0 aromatic carbocycles. The molecular formula is C3H12GaN. The molecule has 0 aliphatic heterocycles. The zero-order valence-electron chi connectivity index (χ0n) is 3.21. The quantitative estimate of drug-likeness (QED) is 0.453. The van der Waals surface area contributed by atoms with Crippen molar-refractivity contribution in [3.63, 3.8) is 0 Å². The number of hydrogen-bond acceptors (Lipinski definition) is 1. The van der Waals surface area contributed by atoms with Gasteiger partial charge in [-0.1, -0.05) is 6.92 Å². The Balaban J connectivity index is 0. The van der Waals surface area contributed by atoms with Crippen LogP contribution in [0, 0.1) is 0 Å². The van der Waals surface area contributed by atoms with E-state index < -0.39 is 0 Å². The predicted molar refractivity (Wildman–Crippen MR) is 29.5 cm³/mol. The third-order valence-electron chi connectivity index (χ3n) is 0.354. The SMILES string of the molecule is CCNC.[GaH3]. The van der Waals surface area contributed by atoms with Crippen molar-refractivity contribution in [1.82, 2.24) is 5.32 Å². The van der Waals surface area contributed by atoms with Crippen LogP contribution in [0.2, 0.25) is 0 Å². The summed E-state index contributed by atoms with van der Waals surface area (Å²) in [7, 11) is 1.93. The summed E-state index contributed by atoms with van der Waals surface area (Å²) < 4.78 is 0. The molecule has 32 valence electrons. The van der Waals surface area contributed by atoms with Crippen molar-refractivity contribution in [1.29, 1.82) is 0 Å². The molecule has 0 amide bonds. The fraction of sp³-hybridized carbons (Fsp3) is 1.00. The first-order chi connectivity index (χ1) is 1.91. The second-order valence-electron chi connectivity index (χ2n) is 0.707. The Morgan fingerprint density at radius 1 is 1.60 bits per heavy atom. The van der Waals surface area contributed by atoms with Crippen LogP contribution in [0.15, 0.2) is 0 Å². The molecule has 0 bridgehead atoms. The van der Waals surface area contributed by atoms with Gasteiger partial charge in [0.2, 0.25) is 0 Å². The van der Waals surface area contributed by atoms with Crippen LogP contribution in [0.4, 0.5) is 0 Å². The van der Waals surface area contributed by atoms with Crippen molar-refractivity contribution in [2.75, 3.05) is 13.6 Å². The molecule has 0 aliphatic carbocycles. The van der Waals surface area contributed by atoms with Crippen molar-refractivity contribution >= 4 is 19.8 Å². The predicted octanol–water partition coefficient (Wildman–Crippen LogP) is -0.958. The van der Waals surface area contributed by atoms with E-state index in [1.54, 1.807) is 0 Å². The van der Waals surface area contributed by atoms with Crippen LogP contribution >= 0.6 is 0 Å². The summed E-state index contributed by atoms with van der Waals surface area (Å²) in [6, 6.07) is 0. The Morgan fingerprint density at radius 2 is 1.80 bits per heavy atom. The third-order valence-corrected chi connectivity index (χ3v) is 0.354. The van der Waals surface area contributed by atoms with Gasteiger partial charge < -0.3 is 5.32 Å². The summed E-state index contributed by atoms with van der Waals surface area (Å²) in [6.07, 6.45) is 0. The van der Waals surface area contributed by atoms with Gasteiger partial charge in [-0.25, -0.2) is 0 Å². The molecular weight excluding hydrogens is 120 g/mol. The van der Waals surface area contributed by atoms with Crippen molar-refractivity contribution in [3.05, 3.63) is 0 Å². The topological polar surface area (TPSA) is 12.0 Å². The van der Waals surface area contributed by atoms with E-state index in [0.29, 0.717) is 0 Å². The van der Waals surface area contributed by atoms with Gasteiger partial charge in [0.05, 0.1) is 0 Å². The molecule has 1 N–H and O–H groups in total. The molecule has 0 heterocycles. The fourth-order valence-corrected chi connectivity index (χ4v) is 0. The Labute approximate surface area is 46.2 Å². The van der Waals surface area contributed by atoms with E-state index in [1.165, 1.54) is 0 Å². The van der Waals surface area contributed by atoms with E-state index in [0.717, 1.165) is 6.54 Å². The molecule has 0 fully saturated rings. The first-order valence-corrected chi connectivity index (χ1v) is 1.56. The Kier molecular flexibility index (Phi) is 16.1. The van der Waals surface area contributed by atoms with E-state index in [4.69, 9.17) is 0 Å². The average Bonchev–Trinajstić information content (AvgIpc) is 1.37. The monoisotopic (exact) mass is 131 g/mol. The van der Waals surface area contributed by atoms with Gasteiger partial charge in [0.1, 0.15) is 0 Å². The van der Waals surface area contributed by atoms with Crippen molar-refractivity contribution < 1.29 is 0 Å². The third kappa shape index (κ3) is 12.2. The molecule has 1 nitrogen and oxygen atoms in total. The van der Waals surface area contributed by atoms with E-state index in [2.05, 4.69) is 12.2 Å². The van der Waals surface area contributed by atoms with Crippen LogP contribution in [-0.2, 0) is 0 Å². The minimum atomic E-state index is 0. The molecule has 0 radical (unpaired) electrons. The van der Waals surface area contributed by atoms with Gasteiger partial charge in [-0.05, 0) is 13.6 Å². The van der Waals surface area contributed by atoms with E-state index >= 15 is 0 Å². The first-order valence-electron chi connectivity index (χ1n) is 1.56. The summed E-state index contributed by atoms with van der Waals surface area (Å²) in [5.41, 5.74) is 0. The van der Waals surface area contributed by atoms with Gasteiger partial charge in [-0.3, -0.25) is 0 Å². The molecule has 0 spiro atoms. The van der Waals surface area contributed by atoms with Crippen molar-refractivity contribution in [2.45, 2.75) is 6.92 Å². The van der Waals surface area contributed by atoms with Crippen LogP contribution < -0.4 is 5.32 Å². The molecule has 0 aromatic heterocycles. The van der Waals surface area contributed by atoms with Gasteiger partial charge in [0.25, 0.3) is 0 Å². The molecule has 0 aromatic rings. The minimum absolute atomic E-state index is 0. The summed E-state index contributed by atoms with van der Waals surface area (Å²) in [5, 5.41) is 2.93. The molecule has 0 unspecified atom stereocenters. The number of rotatable bonds is 1. The number of hydrogen-bond donors (Lipinski definition) is 1. The molecule has 0 atom stereocenters. The molecule has 0 saturated heterocycles. The van der Waals surface area contributed by atoms with Crippen LogP contribution in [0.25, 0.3) is 0 Å². The van der Waals surface area contributed by atoms with E-state index in [9.17, 15) is 0 Å². The molecule has 2 heteroatoms. The summed E-state index contributed by atoms with van der Waals surface area (Å²) >= 11 is 0. The second kappa shape index (κ2) is 8.82. The maximum absolute atomic E-state index is 2.93. The zero-order chi connectivity index (χ0) is 3.41. The maximum atomic E-state index is 2.93. The van der Waals surface area contributed by atoms with Crippen LogP contribution in [0.3, 0.4) is 0 Å². The average molecular weight is 132 g/mol. The van der Waals surface area contributed by atoms with Crippen LogP contribution in [0.5, 0.6) is 0 Å². The van der Waals surface area contributed by atoms with E-state index in [1.807, 2.05) is 7.05 Å². The second-order valence-corrected chi connectivity index (χ2v) is 0.707. The van der Waals surface area contributed by atoms with E-state index in [-0.39, 0.29) is 19.8 Å². The summed E-state index contributed by atoms with van der Waals surface area (Å²) in [4.78, 5) is 0. The van der Waals surface area contributed by atoms with Gasteiger partial charge in [0.15, 0.2) is 0 Å². The van der Waals surface area contributed by atoms with Gasteiger partial charge in [-0.2, -0.15) is 0 Å². The number of nitrogens with one attached hydrogen (secondary N) is 1. The first kappa shape index (κ1) is 9.14. The standard InChI is InChI=1S/C3H9N.Ga.3H/c1-3-4-2;;;;/h4H,3H2,1-2H3;;;;. The fourth-order valence-electron chi connectivity index (χ4n) is 0. The Hall–Kier alpha value is 0.596. The Bertz CT molecular complexity index is 8.85. The molecule has 0 rings (SSSR count). The Morgan fingerprint density at radius 3 is 1.80 bits per heavy atom. The van der Waals surface area contributed by atoms with Gasteiger partial charge >= 0.3 is 19.8 Å². The molecule has 5 heavy (non-hydrogen) atoms. The normalized spacial score (nSPS) is 6.00. The van der Waals surface area contributed by atoms with Crippen LogP contribution in [-0.4, -0.2) is 33.4 Å².